The van der Waals surface area contributed by atoms with Crippen molar-refractivity contribution in [1.82, 2.24) is 24.7 Å². The predicted octanol–water partition coefficient (Wildman–Crippen LogP) is 5.81. The van der Waals surface area contributed by atoms with Crippen molar-refractivity contribution in [2.45, 2.75) is 77.4 Å². The van der Waals surface area contributed by atoms with E-state index in [1.807, 2.05) is 68.1 Å². The lowest BCUT2D eigenvalue weighted by Crippen LogP contribution is -2.54. The molecule has 1 aliphatic rings. The van der Waals surface area contributed by atoms with Crippen LogP contribution in [-0.2, 0) is 22.6 Å². The van der Waals surface area contributed by atoms with Crippen molar-refractivity contribution in [2.24, 2.45) is 0 Å². The molecule has 9 heteroatoms. The molecule has 0 saturated carbocycles. The van der Waals surface area contributed by atoms with E-state index in [9.17, 15) is 19.5 Å². The molecule has 0 bridgehead atoms. The summed E-state index contributed by atoms with van der Waals surface area (Å²) in [6.45, 7) is 9.37. The topological polar surface area (TPSA) is 108 Å². The van der Waals surface area contributed by atoms with Crippen molar-refractivity contribution in [1.29, 1.82) is 0 Å². The Morgan fingerprint density at radius 1 is 1.05 bits per heavy atom. The zero-order chi connectivity index (χ0) is 31.4. The summed E-state index contributed by atoms with van der Waals surface area (Å²) in [5, 5.41) is 15.4. The molecule has 1 saturated heterocycles. The first-order valence-corrected chi connectivity index (χ1v) is 15.5. The fraction of sp³-hybridized carbons (Fsp3) is 0.429. The van der Waals surface area contributed by atoms with Gasteiger partial charge in [0.25, 0.3) is 0 Å². The highest BCUT2D eigenvalue weighted by Crippen LogP contribution is 2.31. The Hall–Kier alpha value is -4.40. The third-order valence-corrected chi connectivity index (χ3v) is 8.52. The summed E-state index contributed by atoms with van der Waals surface area (Å²) in [6.07, 6.45) is 1.25. The molecule has 3 aromatic carbocycles. The number of para-hydroxylation sites is 2. The zero-order valence-electron chi connectivity index (χ0n) is 26.1. The zero-order valence-corrected chi connectivity index (χ0v) is 26.1. The third-order valence-electron chi connectivity index (χ3n) is 8.52. The molecule has 232 valence electrons. The summed E-state index contributed by atoms with van der Waals surface area (Å²) in [6, 6.07) is 21.7. The van der Waals surface area contributed by atoms with Gasteiger partial charge in [0.15, 0.2) is 0 Å². The number of amides is 3. The number of imidazole rings is 1. The SMILES string of the molecule is CC(=O)NCCn1c([C@@H]2CCCN(C(=O)C[C@@H](Cc3ccc4ccccc4c3)N(C(=O)O)C(C)(C)C)C2)nc2ccccc21. The number of nitrogens with zero attached hydrogens (tertiary/aromatic N) is 4. The van der Waals surface area contributed by atoms with E-state index >= 15 is 0 Å². The Morgan fingerprint density at radius 2 is 1.77 bits per heavy atom. The maximum Gasteiger partial charge on any atom is 0.408 e. The summed E-state index contributed by atoms with van der Waals surface area (Å²) >= 11 is 0. The van der Waals surface area contributed by atoms with E-state index in [2.05, 4.69) is 34.1 Å². The summed E-state index contributed by atoms with van der Waals surface area (Å²) < 4.78 is 2.16. The highest BCUT2D eigenvalue weighted by Gasteiger charge is 2.37. The van der Waals surface area contributed by atoms with E-state index < -0.39 is 17.7 Å². The van der Waals surface area contributed by atoms with E-state index in [4.69, 9.17) is 4.98 Å². The maximum atomic E-state index is 14.0. The minimum absolute atomic E-state index is 0.0366. The van der Waals surface area contributed by atoms with Gasteiger partial charge in [-0.3, -0.25) is 14.5 Å². The molecule has 1 aliphatic heterocycles. The average Bonchev–Trinajstić information content (AvgIpc) is 3.34. The molecule has 0 radical (unpaired) electrons. The van der Waals surface area contributed by atoms with Crippen molar-refractivity contribution < 1.29 is 19.5 Å². The van der Waals surface area contributed by atoms with Crippen LogP contribution in [0, 0.1) is 0 Å². The second-order valence-electron chi connectivity index (χ2n) is 12.8. The minimum atomic E-state index is -1.03. The molecule has 0 aliphatic carbocycles. The lowest BCUT2D eigenvalue weighted by atomic mass is 9.93. The fourth-order valence-corrected chi connectivity index (χ4v) is 6.61. The molecule has 0 unspecified atom stereocenters. The van der Waals surface area contributed by atoms with Crippen LogP contribution in [0.4, 0.5) is 4.79 Å². The smallest absolute Gasteiger partial charge is 0.408 e. The molecule has 0 spiro atoms. The van der Waals surface area contributed by atoms with Crippen LogP contribution < -0.4 is 5.32 Å². The summed E-state index contributed by atoms with van der Waals surface area (Å²) in [5.41, 5.74) is 2.22. The Kier molecular flexibility index (Phi) is 9.22. The van der Waals surface area contributed by atoms with E-state index in [1.54, 1.807) is 0 Å². The molecular weight excluding hydrogens is 554 g/mol. The van der Waals surface area contributed by atoms with Gasteiger partial charge in [0.1, 0.15) is 5.82 Å². The minimum Gasteiger partial charge on any atom is -0.465 e. The van der Waals surface area contributed by atoms with E-state index in [0.717, 1.165) is 46.0 Å². The number of nitrogens with one attached hydrogen (secondary N) is 1. The Morgan fingerprint density at radius 3 is 2.50 bits per heavy atom. The van der Waals surface area contributed by atoms with Gasteiger partial charge in [0.2, 0.25) is 11.8 Å². The van der Waals surface area contributed by atoms with E-state index in [0.29, 0.717) is 32.6 Å². The van der Waals surface area contributed by atoms with Gasteiger partial charge in [0, 0.05) is 57.0 Å². The Balaban J connectivity index is 1.38. The molecule has 4 aromatic rings. The van der Waals surface area contributed by atoms with Gasteiger partial charge in [-0.05, 0) is 68.5 Å². The largest absolute Gasteiger partial charge is 0.465 e. The van der Waals surface area contributed by atoms with Gasteiger partial charge in [-0.25, -0.2) is 9.78 Å². The standard InChI is InChI=1S/C35H43N5O4/c1-24(41)36-17-19-39-31-14-8-7-13-30(31)37-33(39)28-12-9-18-38(23-28)32(42)22-29(40(34(43)44)35(2,3)4)21-25-15-16-26-10-5-6-11-27(26)20-25/h5-8,10-11,13-16,20,28-29H,9,12,17-19,21-23H2,1-4H3,(H,36,41)(H,43,44)/t28-,29-/m1/s1. The lowest BCUT2D eigenvalue weighted by molar-refractivity contribution is -0.134. The Labute approximate surface area is 258 Å². The molecule has 2 heterocycles. The fourth-order valence-electron chi connectivity index (χ4n) is 6.61. The second-order valence-corrected chi connectivity index (χ2v) is 12.8. The van der Waals surface area contributed by atoms with Crippen molar-refractivity contribution in [2.75, 3.05) is 19.6 Å². The van der Waals surface area contributed by atoms with E-state index in [-0.39, 0.29) is 24.2 Å². The average molecular weight is 598 g/mol. The van der Waals surface area contributed by atoms with E-state index in [1.165, 1.54) is 11.8 Å². The van der Waals surface area contributed by atoms with Gasteiger partial charge in [0.05, 0.1) is 11.0 Å². The summed E-state index contributed by atoms with van der Waals surface area (Å²) in [4.78, 5) is 46.4. The summed E-state index contributed by atoms with van der Waals surface area (Å²) in [5.74, 6) is 0.837. The highest BCUT2D eigenvalue weighted by molar-refractivity contribution is 5.83. The first-order chi connectivity index (χ1) is 21.0. The number of carbonyl (C=O) groups excluding carboxylic acids is 2. The number of benzene rings is 3. The molecule has 2 N–H and O–H groups in total. The number of rotatable bonds is 9. The monoisotopic (exact) mass is 597 g/mol. The molecule has 2 atom stereocenters. The molecule has 44 heavy (non-hydrogen) atoms. The van der Waals surface area contributed by atoms with Crippen LogP contribution in [0.2, 0.25) is 0 Å². The first kappa shape index (κ1) is 31.0. The molecular formula is C35H43N5O4. The lowest BCUT2D eigenvalue weighted by Gasteiger charge is -2.41. The van der Waals surface area contributed by atoms with Crippen LogP contribution in [-0.4, -0.2) is 73.6 Å². The normalized spacial score (nSPS) is 16.2. The maximum absolute atomic E-state index is 14.0. The number of aromatic nitrogens is 2. The third kappa shape index (κ3) is 7.04. The number of fused-ring (bicyclic) bond motifs is 2. The van der Waals surface area contributed by atoms with Crippen molar-refractivity contribution in [3.8, 4) is 0 Å². The number of hydrogen-bond donors (Lipinski definition) is 2. The van der Waals surface area contributed by atoms with Gasteiger partial charge in [-0.2, -0.15) is 0 Å². The van der Waals surface area contributed by atoms with Crippen LogP contribution in [0.3, 0.4) is 0 Å². The van der Waals surface area contributed by atoms with Gasteiger partial charge >= 0.3 is 6.09 Å². The van der Waals surface area contributed by atoms with Gasteiger partial charge < -0.3 is 19.9 Å². The molecule has 1 fully saturated rings. The summed E-state index contributed by atoms with van der Waals surface area (Å²) in [7, 11) is 0. The van der Waals surface area contributed by atoms with Crippen LogP contribution in [0.15, 0.2) is 66.7 Å². The van der Waals surface area contributed by atoms with Crippen molar-refractivity contribution >= 4 is 39.7 Å². The van der Waals surface area contributed by atoms with Crippen LogP contribution in [0.25, 0.3) is 21.8 Å². The van der Waals surface area contributed by atoms with Crippen LogP contribution >= 0.6 is 0 Å². The molecule has 1 aromatic heterocycles. The predicted molar refractivity (Wildman–Crippen MR) is 173 cm³/mol. The number of likely N-dealkylation sites (tertiary alicyclic amines) is 1. The number of carboxylic acid groups (broad SMARTS) is 1. The number of piperidine rings is 1. The van der Waals surface area contributed by atoms with Crippen molar-refractivity contribution in [3.05, 3.63) is 78.1 Å². The highest BCUT2D eigenvalue weighted by atomic mass is 16.4. The number of carbonyl (C=O) groups is 3. The van der Waals surface area contributed by atoms with Crippen molar-refractivity contribution in [3.63, 3.8) is 0 Å². The Bertz CT molecular complexity index is 1660. The van der Waals surface area contributed by atoms with Gasteiger partial charge in [-0.1, -0.05) is 54.6 Å². The van der Waals surface area contributed by atoms with Gasteiger partial charge in [-0.15, -0.1) is 0 Å². The molecule has 5 rings (SSSR count). The van der Waals surface area contributed by atoms with Crippen LogP contribution in [0.1, 0.15) is 64.3 Å². The molecule has 9 nitrogen and oxygen atoms in total. The van der Waals surface area contributed by atoms with Crippen LogP contribution in [0.5, 0.6) is 0 Å². The first-order valence-electron chi connectivity index (χ1n) is 15.5. The quantitative estimate of drug-likeness (QED) is 0.253. The number of hydrogen-bond acceptors (Lipinski definition) is 4. The molecule has 3 amide bonds. The second kappa shape index (κ2) is 13.1.